The monoisotopic (exact) mass is 776 g/mol. The normalized spacial score (nSPS) is 24.5. The smallest absolute Gasteiger partial charge is 0.231 e. The summed E-state index contributed by atoms with van der Waals surface area (Å²) in [5, 5.41) is 7.52. The first-order chi connectivity index (χ1) is 28.3. The van der Waals surface area contributed by atoms with E-state index in [1.54, 1.807) is 0 Å². The van der Waals surface area contributed by atoms with Crippen molar-refractivity contribution in [3.63, 3.8) is 0 Å². The van der Waals surface area contributed by atoms with E-state index >= 15 is 0 Å². The molecule has 6 aliphatic heterocycles. The largest absolute Gasteiger partial charge is 0.491 e. The average molecular weight is 777 g/mol. The van der Waals surface area contributed by atoms with Gasteiger partial charge in [-0.15, -0.1) is 0 Å². The number of nitrogens with zero attached hydrogens (tertiary/aromatic N) is 2. The van der Waals surface area contributed by atoms with Gasteiger partial charge < -0.3 is 28.4 Å². The van der Waals surface area contributed by atoms with E-state index in [2.05, 4.69) is 85.6 Å². The molecule has 296 valence electrons. The highest BCUT2D eigenvalue weighted by Crippen LogP contribution is 2.56. The topological polar surface area (TPSA) is 63.1 Å². The van der Waals surface area contributed by atoms with Crippen molar-refractivity contribution in [1.29, 1.82) is 0 Å². The van der Waals surface area contributed by atoms with Crippen LogP contribution < -0.4 is 37.6 Å². The summed E-state index contributed by atoms with van der Waals surface area (Å²) in [6.45, 7) is 11.5. The predicted molar refractivity (Wildman–Crippen MR) is 222 cm³/mol. The van der Waals surface area contributed by atoms with Crippen molar-refractivity contribution >= 4 is 43.4 Å². The van der Waals surface area contributed by atoms with Crippen LogP contribution in [0.25, 0.3) is 43.4 Å². The molecule has 4 aromatic carbocycles. The van der Waals surface area contributed by atoms with Gasteiger partial charge in [0, 0.05) is 60.5 Å². The molecule has 6 aromatic rings. The van der Waals surface area contributed by atoms with Gasteiger partial charge in [-0.25, -0.2) is 0 Å². The Morgan fingerprint density at radius 3 is 1.66 bits per heavy atom. The Hall–Kier alpha value is -4.98. The molecule has 8 heteroatoms. The van der Waals surface area contributed by atoms with Crippen molar-refractivity contribution in [3.05, 3.63) is 71.0 Å². The van der Waals surface area contributed by atoms with Gasteiger partial charge in [0.05, 0.1) is 45.9 Å². The Kier molecular flexibility index (Phi) is 6.67. The number of rotatable bonds is 7. The standard InChI is InChI=1S/C50H52N2O6/c1-5-49(21-33-39-29(19-37-45(33)57-27-55-37)11-13-31-41(39)51(49)23-35-43(31)53-25-47(35,3)4)17-9-10-18-50(6-2)22-34-40-30(20-38-46(34)58-28-56-38)12-14-32-42(40)52(50)24-36-44(32)54-26-48(36)15-7-8-16-48/h11-14,19-20,23-24H,5-10,15-18,21-22,25-28H2,1-4H3/q+2. The van der Waals surface area contributed by atoms with E-state index in [9.17, 15) is 0 Å². The lowest BCUT2D eigenvalue weighted by molar-refractivity contribution is -0.747. The van der Waals surface area contributed by atoms with Gasteiger partial charge in [0.2, 0.25) is 24.6 Å². The quantitative estimate of drug-likeness (QED) is 0.0915. The van der Waals surface area contributed by atoms with Gasteiger partial charge in [-0.1, -0.05) is 52.7 Å². The molecule has 58 heavy (non-hydrogen) atoms. The van der Waals surface area contributed by atoms with E-state index in [4.69, 9.17) is 28.4 Å². The fourth-order valence-corrected chi connectivity index (χ4v) is 13.0. The molecule has 13 rings (SSSR count). The minimum absolute atomic E-state index is 0.0558. The molecule has 7 aliphatic rings. The van der Waals surface area contributed by atoms with Crippen molar-refractivity contribution in [2.24, 2.45) is 0 Å². The van der Waals surface area contributed by atoms with Crippen LogP contribution in [0.2, 0.25) is 0 Å². The van der Waals surface area contributed by atoms with Crippen LogP contribution in [0, 0.1) is 0 Å². The maximum absolute atomic E-state index is 6.74. The second-order valence-electron chi connectivity index (χ2n) is 19.4. The van der Waals surface area contributed by atoms with E-state index in [0.29, 0.717) is 6.61 Å². The summed E-state index contributed by atoms with van der Waals surface area (Å²) < 4.78 is 43.4. The highest BCUT2D eigenvalue weighted by Gasteiger charge is 2.53. The lowest BCUT2D eigenvalue weighted by Gasteiger charge is -2.35. The highest BCUT2D eigenvalue weighted by atomic mass is 16.7. The molecule has 1 saturated carbocycles. The van der Waals surface area contributed by atoms with E-state index in [1.165, 1.54) is 91.3 Å². The molecule has 0 amide bonds. The summed E-state index contributed by atoms with van der Waals surface area (Å²) in [7, 11) is 0. The molecule has 1 fully saturated rings. The molecule has 8 heterocycles. The first kappa shape index (κ1) is 33.9. The number of aromatic nitrogens is 2. The van der Waals surface area contributed by atoms with Gasteiger partial charge >= 0.3 is 0 Å². The third-order valence-corrected chi connectivity index (χ3v) is 16.2. The fraction of sp³-hybridized carbons (Fsp3) is 0.480. The number of hydrogen-bond acceptors (Lipinski definition) is 6. The Balaban J connectivity index is 0.924. The molecule has 8 nitrogen and oxygen atoms in total. The molecule has 2 aromatic heterocycles. The number of fused-ring (bicyclic) bond motifs is 9. The first-order valence-electron chi connectivity index (χ1n) is 22.1. The van der Waals surface area contributed by atoms with Crippen LogP contribution in [0.4, 0.5) is 0 Å². The second kappa shape index (κ2) is 11.4. The van der Waals surface area contributed by atoms with Crippen LogP contribution in [0.15, 0.2) is 48.8 Å². The van der Waals surface area contributed by atoms with Crippen molar-refractivity contribution in [1.82, 2.24) is 0 Å². The Morgan fingerprint density at radius 1 is 0.586 bits per heavy atom. The Bertz CT molecular complexity index is 2840. The van der Waals surface area contributed by atoms with Gasteiger partial charge in [0.15, 0.2) is 46.5 Å². The zero-order valence-electron chi connectivity index (χ0n) is 34.3. The average Bonchev–Trinajstić information content (AvgIpc) is 4.10. The van der Waals surface area contributed by atoms with Gasteiger partial charge in [-0.3, -0.25) is 0 Å². The minimum atomic E-state index is -0.120. The van der Waals surface area contributed by atoms with Gasteiger partial charge in [-0.2, -0.15) is 9.13 Å². The molecular formula is C50H52N2O6+2. The molecule has 0 radical (unpaired) electrons. The van der Waals surface area contributed by atoms with Crippen molar-refractivity contribution in [2.75, 3.05) is 26.8 Å². The van der Waals surface area contributed by atoms with Gasteiger partial charge in [0.1, 0.15) is 11.5 Å². The molecule has 0 bridgehead atoms. The summed E-state index contributed by atoms with van der Waals surface area (Å²) >= 11 is 0. The van der Waals surface area contributed by atoms with Crippen LogP contribution in [0.1, 0.15) is 114 Å². The maximum atomic E-state index is 6.74. The summed E-state index contributed by atoms with van der Waals surface area (Å²) in [6, 6.07) is 13.5. The van der Waals surface area contributed by atoms with E-state index in [-0.39, 0.29) is 35.5 Å². The van der Waals surface area contributed by atoms with E-state index in [1.807, 2.05) is 0 Å². The molecular weight excluding hydrogens is 725 g/mol. The SMILES string of the molecule is CCC1(CCCCC2(CC)Cc3c4c(cc5ccc6c7c(c[n+]2c6c35)C2(CCCC2)CO7)OCO4)Cc2c3c(cc4ccc5c6c(c[n+]1c5c24)C(C)(C)CO6)OCO3. The second-order valence-corrected chi connectivity index (χ2v) is 19.4. The van der Waals surface area contributed by atoms with Crippen molar-refractivity contribution < 1.29 is 37.6 Å². The van der Waals surface area contributed by atoms with E-state index < -0.39 is 0 Å². The Labute approximate surface area is 338 Å². The zero-order chi connectivity index (χ0) is 38.8. The molecule has 0 N–H and O–H groups in total. The lowest BCUT2D eigenvalue weighted by atomic mass is 9.74. The van der Waals surface area contributed by atoms with Crippen molar-refractivity contribution in [2.45, 2.75) is 127 Å². The molecule has 2 unspecified atom stereocenters. The van der Waals surface area contributed by atoms with Crippen LogP contribution in [-0.4, -0.2) is 26.8 Å². The third kappa shape index (κ3) is 4.17. The van der Waals surface area contributed by atoms with Crippen molar-refractivity contribution in [3.8, 4) is 34.5 Å². The van der Waals surface area contributed by atoms with Crippen LogP contribution in [0.3, 0.4) is 0 Å². The maximum Gasteiger partial charge on any atom is 0.231 e. The summed E-state index contributed by atoms with van der Waals surface area (Å²) in [4.78, 5) is 0. The summed E-state index contributed by atoms with van der Waals surface area (Å²) in [5.74, 6) is 5.81. The highest BCUT2D eigenvalue weighted by molar-refractivity contribution is 6.11. The first-order valence-corrected chi connectivity index (χ1v) is 22.1. The number of pyridine rings is 2. The fourth-order valence-electron chi connectivity index (χ4n) is 13.0. The van der Waals surface area contributed by atoms with Gasteiger partial charge in [-0.05, 0) is 60.7 Å². The lowest BCUT2D eigenvalue weighted by Crippen LogP contribution is -2.60. The molecule has 1 spiro atoms. The molecule has 0 saturated heterocycles. The Morgan fingerprint density at radius 2 is 1.10 bits per heavy atom. The van der Waals surface area contributed by atoms with Crippen LogP contribution in [-0.2, 0) is 34.7 Å². The van der Waals surface area contributed by atoms with Crippen LogP contribution >= 0.6 is 0 Å². The number of ether oxygens (including phenoxy) is 6. The third-order valence-electron chi connectivity index (χ3n) is 16.2. The molecule has 1 aliphatic carbocycles. The minimum Gasteiger partial charge on any atom is -0.491 e. The summed E-state index contributed by atoms with van der Waals surface area (Å²) in [6.07, 6.45) is 18.3. The number of benzene rings is 4. The number of hydrogen-bond donors (Lipinski definition) is 0. The van der Waals surface area contributed by atoms with E-state index in [0.717, 1.165) is 92.5 Å². The summed E-state index contributed by atoms with van der Waals surface area (Å²) in [5.41, 5.74) is 7.82. The van der Waals surface area contributed by atoms with Crippen LogP contribution in [0.5, 0.6) is 34.5 Å². The number of unbranched alkanes of at least 4 members (excludes halogenated alkanes) is 1. The predicted octanol–water partition coefficient (Wildman–Crippen LogP) is 9.79. The van der Waals surface area contributed by atoms with Gasteiger partial charge in [0.25, 0.3) is 0 Å². The zero-order valence-corrected chi connectivity index (χ0v) is 34.3. The molecule has 2 atom stereocenters.